The molecule has 0 aliphatic rings. The number of nitrogens with one attached hydrogen (secondary N) is 1. The standard InChI is InChI=1S/C20H15F3N4O2S/c1-11-5-6-15(29-2)12(8-11)25-19(28)14-10-18-24-13(16-4-3-7-30-16)9-17(20(21,22)23)27(18)26-14/h3-10H,1-2H3,(H,25,28). The fraction of sp³-hybridized carbons (Fsp3) is 0.150. The maximum absolute atomic E-state index is 13.6. The number of hydrogen-bond donors (Lipinski definition) is 1. The average Bonchev–Trinajstić information content (AvgIpc) is 3.36. The Labute approximate surface area is 172 Å². The van der Waals surface area contributed by atoms with Crippen LogP contribution in [0.2, 0.25) is 0 Å². The summed E-state index contributed by atoms with van der Waals surface area (Å²) in [6, 6.07) is 10.7. The van der Waals surface area contributed by atoms with E-state index in [-0.39, 0.29) is 17.0 Å². The van der Waals surface area contributed by atoms with Crippen LogP contribution in [0.15, 0.2) is 47.8 Å². The van der Waals surface area contributed by atoms with Crippen molar-refractivity contribution in [2.24, 2.45) is 0 Å². The lowest BCUT2D eigenvalue weighted by Crippen LogP contribution is -2.16. The number of rotatable bonds is 4. The molecule has 30 heavy (non-hydrogen) atoms. The number of hydrogen-bond acceptors (Lipinski definition) is 5. The van der Waals surface area contributed by atoms with Crippen molar-refractivity contribution < 1.29 is 22.7 Å². The van der Waals surface area contributed by atoms with Crippen LogP contribution in [-0.4, -0.2) is 27.6 Å². The molecule has 0 aliphatic heterocycles. The summed E-state index contributed by atoms with van der Waals surface area (Å²) in [5.74, 6) is -0.248. The number of aryl methyl sites for hydroxylation is 1. The van der Waals surface area contributed by atoms with Gasteiger partial charge in [0, 0.05) is 6.07 Å². The number of aromatic nitrogens is 3. The molecule has 1 amide bonds. The molecule has 3 aromatic heterocycles. The maximum Gasteiger partial charge on any atom is 0.433 e. The van der Waals surface area contributed by atoms with Gasteiger partial charge in [0.05, 0.1) is 23.4 Å². The zero-order chi connectivity index (χ0) is 21.5. The van der Waals surface area contributed by atoms with E-state index in [4.69, 9.17) is 4.74 Å². The minimum atomic E-state index is -4.67. The highest BCUT2D eigenvalue weighted by Gasteiger charge is 2.35. The van der Waals surface area contributed by atoms with E-state index in [0.717, 1.165) is 11.6 Å². The lowest BCUT2D eigenvalue weighted by Gasteiger charge is -2.10. The zero-order valence-electron chi connectivity index (χ0n) is 15.8. The number of carbonyl (C=O) groups excluding carboxylic acids is 1. The van der Waals surface area contributed by atoms with Crippen molar-refractivity contribution in [3.05, 3.63) is 64.8 Å². The van der Waals surface area contributed by atoms with E-state index in [1.807, 2.05) is 13.0 Å². The van der Waals surface area contributed by atoms with Gasteiger partial charge in [-0.05, 0) is 42.1 Å². The number of alkyl halides is 3. The van der Waals surface area contributed by atoms with E-state index in [9.17, 15) is 18.0 Å². The van der Waals surface area contributed by atoms with Gasteiger partial charge in [-0.2, -0.15) is 18.3 Å². The van der Waals surface area contributed by atoms with Crippen LogP contribution in [0.1, 0.15) is 21.7 Å². The SMILES string of the molecule is COc1ccc(C)cc1NC(=O)c1cc2nc(-c3cccs3)cc(C(F)(F)F)n2n1. The van der Waals surface area contributed by atoms with Crippen molar-refractivity contribution >= 4 is 28.6 Å². The number of fused-ring (bicyclic) bond motifs is 1. The van der Waals surface area contributed by atoms with Crippen LogP contribution in [0, 0.1) is 6.92 Å². The van der Waals surface area contributed by atoms with Crippen LogP contribution in [0.3, 0.4) is 0 Å². The summed E-state index contributed by atoms with van der Waals surface area (Å²) in [6.45, 7) is 1.84. The Morgan fingerprint density at radius 3 is 2.67 bits per heavy atom. The molecular weight excluding hydrogens is 417 g/mol. The Kier molecular flexibility index (Phi) is 4.94. The van der Waals surface area contributed by atoms with Gasteiger partial charge in [-0.3, -0.25) is 4.79 Å². The molecule has 1 N–H and O–H groups in total. The number of amides is 1. The van der Waals surface area contributed by atoms with E-state index in [1.54, 1.807) is 29.6 Å². The molecule has 0 fully saturated rings. The highest BCUT2D eigenvalue weighted by atomic mass is 32.1. The molecule has 10 heteroatoms. The van der Waals surface area contributed by atoms with E-state index in [1.165, 1.54) is 24.5 Å². The molecule has 0 aliphatic carbocycles. The first-order valence-electron chi connectivity index (χ1n) is 8.74. The molecule has 4 aromatic rings. The first kappa shape index (κ1) is 19.9. The number of ether oxygens (including phenoxy) is 1. The van der Waals surface area contributed by atoms with E-state index >= 15 is 0 Å². The lowest BCUT2D eigenvalue weighted by molar-refractivity contribution is -0.142. The van der Waals surface area contributed by atoms with Crippen LogP contribution in [0.5, 0.6) is 5.75 Å². The quantitative estimate of drug-likeness (QED) is 0.490. The highest BCUT2D eigenvalue weighted by molar-refractivity contribution is 7.13. The Morgan fingerprint density at radius 2 is 2.00 bits per heavy atom. The number of halogens is 3. The summed E-state index contributed by atoms with van der Waals surface area (Å²) < 4.78 is 46.8. The second kappa shape index (κ2) is 7.45. The molecule has 1 aromatic carbocycles. The van der Waals surface area contributed by atoms with Gasteiger partial charge < -0.3 is 10.1 Å². The van der Waals surface area contributed by atoms with Gasteiger partial charge in [-0.15, -0.1) is 11.3 Å². The maximum atomic E-state index is 13.6. The number of anilines is 1. The summed E-state index contributed by atoms with van der Waals surface area (Å²) in [5.41, 5.74) is 0.153. The molecule has 0 spiro atoms. The third-order valence-corrected chi connectivity index (χ3v) is 5.22. The number of methoxy groups -OCH3 is 1. The van der Waals surface area contributed by atoms with E-state index in [0.29, 0.717) is 20.8 Å². The van der Waals surface area contributed by atoms with Crippen LogP contribution in [-0.2, 0) is 6.18 Å². The Bertz CT molecular complexity index is 1230. The molecule has 154 valence electrons. The Balaban J connectivity index is 1.77. The molecule has 3 heterocycles. The number of benzene rings is 1. The van der Waals surface area contributed by atoms with Crippen molar-refractivity contribution in [1.29, 1.82) is 0 Å². The van der Waals surface area contributed by atoms with Crippen LogP contribution < -0.4 is 10.1 Å². The van der Waals surface area contributed by atoms with Gasteiger partial charge in [-0.25, -0.2) is 9.50 Å². The Hall–Kier alpha value is -3.40. The highest BCUT2D eigenvalue weighted by Crippen LogP contribution is 2.33. The Morgan fingerprint density at radius 1 is 1.20 bits per heavy atom. The van der Waals surface area contributed by atoms with Gasteiger partial charge in [0.25, 0.3) is 5.91 Å². The molecule has 0 bridgehead atoms. The van der Waals surface area contributed by atoms with Gasteiger partial charge in [0.2, 0.25) is 0 Å². The van der Waals surface area contributed by atoms with Gasteiger partial charge in [0.1, 0.15) is 5.75 Å². The van der Waals surface area contributed by atoms with Crippen molar-refractivity contribution in [3.8, 4) is 16.3 Å². The lowest BCUT2D eigenvalue weighted by atomic mass is 10.2. The first-order valence-corrected chi connectivity index (χ1v) is 9.62. The fourth-order valence-electron chi connectivity index (χ4n) is 2.94. The van der Waals surface area contributed by atoms with Crippen LogP contribution in [0.4, 0.5) is 18.9 Å². The minimum absolute atomic E-state index is 0.0745. The summed E-state index contributed by atoms with van der Waals surface area (Å²) in [7, 11) is 1.46. The molecule has 0 saturated carbocycles. The van der Waals surface area contributed by atoms with Gasteiger partial charge in [-0.1, -0.05) is 12.1 Å². The van der Waals surface area contributed by atoms with Crippen molar-refractivity contribution in [2.45, 2.75) is 13.1 Å². The molecule has 0 atom stereocenters. The zero-order valence-corrected chi connectivity index (χ0v) is 16.6. The minimum Gasteiger partial charge on any atom is -0.495 e. The molecule has 0 saturated heterocycles. The third-order valence-electron chi connectivity index (χ3n) is 4.33. The van der Waals surface area contributed by atoms with Crippen LogP contribution in [0.25, 0.3) is 16.2 Å². The van der Waals surface area contributed by atoms with Gasteiger partial charge >= 0.3 is 6.18 Å². The smallest absolute Gasteiger partial charge is 0.433 e. The third kappa shape index (κ3) is 3.73. The summed E-state index contributed by atoms with van der Waals surface area (Å²) in [4.78, 5) is 17.5. The molecular formula is C20H15F3N4O2S. The monoisotopic (exact) mass is 432 g/mol. The van der Waals surface area contributed by atoms with Gasteiger partial charge in [0.15, 0.2) is 17.0 Å². The summed E-state index contributed by atoms with van der Waals surface area (Å²) in [5, 5.41) is 8.24. The molecule has 6 nitrogen and oxygen atoms in total. The number of thiophene rings is 1. The van der Waals surface area contributed by atoms with Crippen LogP contribution >= 0.6 is 11.3 Å². The summed E-state index contributed by atoms with van der Waals surface area (Å²) >= 11 is 1.27. The van der Waals surface area contributed by atoms with E-state index in [2.05, 4.69) is 15.4 Å². The largest absolute Gasteiger partial charge is 0.495 e. The summed E-state index contributed by atoms with van der Waals surface area (Å²) in [6.07, 6.45) is -4.67. The number of nitrogens with zero attached hydrogens (tertiary/aromatic N) is 3. The van der Waals surface area contributed by atoms with Crippen molar-refractivity contribution in [3.63, 3.8) is 0 Å². The topological polar surface area (TPSA) is 68.5 Å². The first-order chi connectivity index (χ1) is 14.3. The normalized spacial score (nSPS) is 11.6. The second-order valence-electron chi connectivity index (χ2n) is 6.46. The molecule has 4 rings (SSSR count). The second-order valence-corrected chi connectivity index (χ2v) is 7.41. The average molecular weight is 432 g/mol. The van der Waals surface area contributed by atoms with E-state index < -0.39 is 17.8 Å². The predicted octanol–water partition coefficient (Wildman–Crippen LogP) is 5.05. The number of carbonyl (C=O) groups is 1. The molecule has 0 radical (unpaired) electrons. The predicted molar refractivity (Wildman–Crippen MR) is 107 cm³/mol. The fourth-order valence-corrected chi connectivity index (χ4v) is 3.63. The van der Waals surface area contributed by atoms with Crippen molar-refractivity contribution in [1.82, 2.24) is 14.6 Å². The molecule has 0 unspecified atom stereocenters. The van der Waals surface area contributed by atoms with Crippen molar-refractivity contribution in [2.75, 3.05) is 12.4 Å².